The summed E-state index contributed by atoms with van der Waals surface area (Å²) in [5.41, 5.74) is 1.15. The van der Waals surface area contributed by atoms with E-state index in [9.17, 15) is 4.79 Å². The summed E-state index contributed by atoms with van der Waals surface area (Å²) in [6, 6.07) is 8.90. The molecule has 9 heteroatoms. The molecule has 0 atom stereocenters. The number of nitrogens with zero attached hydrogens (tertiary/aromatic N) is 2. The Morgan fingerprint density at radius 1 is 1.27 bits per heavy atom. The molecule has 1 aromatic carbocycles. The molecule has 3 N–H and O–H groups in total. The zero-order valence-electron chi connectivity index (χ0n) is 14.2. The minimum atomic E-state index is -0.263. The maximum absolute atomic E-state index is 11.7. The maximum atomic E-state index is 11.7. The van der Waals surface area contributed by atoms with Gasteiger partial charge in [0.05, 0.1) is 10.2 Å². The Balaban J connectivity index is 1.79. The van der Waals surface area contributed by atoms with E-state index in [1.54, 1.807) is 19.2 Å². The molecule has 2 aromatic heterocycles. The molecule has 0 bridgehead atoms. The van der Waals surface area contributed by atoms with Gasteiger partial charge in [-0.15, -0.1) is 0 Å². The second-order valence-electron chi connectivity index (χ2n) is 5.19. The maximum Gasteiger partial charge on any atom is 0.269 e. The molecule has 26 heavy (non-hydrogen) atoms. The van der Waals surface area contributed by atoms with E-state index in [0.717, 1.165) is 16.8 Å². The summed E-state index contributed by atoms with van der Waals surface area (Å²) in [5.74, 6) is 0.922. The van der Waals surface area contributed by atoms with Crippen molar-refractivity contribution in [2.45, 2.75) is 6.92 Å². The van der Waals surface area contributed by atoms with E-state index in [1.165, 1.54) is 17.5 Å². The number of thiocarbonyl (C=S) groups is 1. The fourth-order valence-corrected chi connectivity index (χ4v) is 3.39. The monoisotopic (exact) mass is 387 g/mol. The van der Waals surface area contributed by atoms with Gasteiger partial charge >= 0.3 is 0 Å². The lowest BCUT2D eigenvalue weighted by molar-refractivity contribution is 0.0958. The van der Waals surface area contributed by atoms with Gasteiger partial charge in [-0.1, -0.05) is 11.3 Å². The Morgan fingerprint density at radius 2 is 2.08 bits per heavy atom. The van der Waals surface area contributed by atoms with Gasteiger partial charge in [-0.25, -0.2) is 4.98 Å². The highest BCUT2D eigenvalue weighted by Gasteiger charge is 2.09. The van der Waals surface area contributed by atoms with Crippen molar-refractivity contribution in [3.63, 3.8) is 0 Å². The number of aromatic nitrogens is 2. The van der Waals surface area contributed by atoms with Crippen molar-refractivity contribution in [1.29, 1.82) is 0 Å². The summed E-state index contributed by atoms with van der Waals surface area (Å²) >= 11 is 6.66. The van der Waals surface area contributed by atoms with Gasteiger partial charge in [0.15, 0.2) is 10.2 Å². The third-order valence-corrected chi connectivity index (χ3v) is 4.52. The van der Waals surface area contributed by atoms with Gasteiger partial charge in [0, 0.05) is 31.9 Å². The van der Waals surface area contributed by atoms with Crippen LogP contribution in [0.5, 0.6) is 11.5 Å². The first-order valence-electron chi connectivity index (χ1n) is 7.90. The van der Waals surface area contributed by atoms with Crippen LogP contribution in [0.4, 0.5) is 5.13 Å². The van der Waals surface area contributed by atoms with Crippen molar-refractivity contribution in [1.82, 2.24) is 20.6 Å². The summed E-state index contributed by atoms with van der Waals surface area (Å²) < 4.78 is 6.81. The number of amides is 1. The van der Waals surface area contributed by atoms with Crippen LogP contribution < -0.4 is 20.7 Å². The molecule has 1 amide bonds. The van der Waals surface area contributed by atoms with Gasteiger partial charge in [0.25, 0.3) is 5.91 Å². The van der Waals surface area contributed by atoms with Crippen LogP contribution in [-0.2, 0) is 0 Å². The summed E-state index contributed by atoms with van der Waals surface area (Å²) in [6.07, 6.45) is 1.54. The number of benzene rings is 1. The van der Waals surface area contributed by atoms with Gasteiger partial charge in [0.1, 0.15) is 17.2 Å². The second kappa shape index (κ2) is 8.07. The van der Waals surface area contributed by atoms with E-state index < -0.39 is 0 Å². The summed E-state index contributed by atoms with van der Waals surface area (Å²) in [5, 5.41) is 9.88. The number of nitrogens with one attached hydrogen (secondary N) is 3. The topological polar surface area (TPSA) is 88.2 Å². The molecule has 0 aliphatic carbocycles. The van der Waals surface area contributed by atoms with Crippen LogP contribution in [0.2, 0.25) is 0 Å². The van der Waals surface area contributed by atoms with E-state index >= 15 is 0 Å². The van der Waals surface area contributed by atoms with E-state index in [4.69, 9.17) is 17.0 Å². The number of carbonyl (C=O) groups excluding carboxylic acids is 1. The van der Waals surface area contributed by atoms with Crippen molar-refractivity contribution in [3.8, 4) is 11.5 Å². The summed E-state index contributed by atoms with van der Waals surface area (Å²) in [6.45, 7) is 2.73. The first kappa shape index (κ1) is 18.0. The lowest BCUT2D eigenvalue weighted by Gasteiger charge is -2.06. The van der Waals surface area contributed by atoms with Crippen molar-refractivity contribution >= 4 is 49.9 Å². The van der Waals surface area contributed by atoms with Crippen LogP contribution in [0.25, 0.3) is 10.2 Å². The number of carbonyl (C=O) groups is 1. The Labute approximate surface area is 159 Å². The average molecular weight is 387 g/mol. The molecule has 0 saturated heterocycles. The van der Waals surface area contributed by atoms with Crippen LogP contribution in [-0.4, -0.2) is 34.6 Å². The van der Waals surface area contributed by atoms with Gasteiger partial charge in [-0.3, -0.25) is 9.78 Å². The van der Waals surface area contributed by atoms with E-state index in [-0.39, 0.29) is 5.91 Å². The highest BCUT2D eigenvalue weighted by molar-refractivity contribution is 7.80. The molecule has 134 valence electrons. The van der Waals surface area contributed by atoms with Crippen LogP contribution >= 0.6 is 23.6 Å². The number of fused-ring (bicyclic) bond motifs is 1. The number of pyridine rings is 1. The second-order valence-corrected chi connectivity index (χ2v) is 6.63. The van der Waals surface area contributed by atoms with Crippen molar-refractivity contribution in [2.75, 3.05) is 18.9 Å². The van der Waals surface area contributed by atoms with Crippen LogP contribution in [0.1, 0.15) is 17.4 Å². The summed E-state index contributed by atoms with van der Waals surface area (Å²) in [4.78, 5) is 20.2. The summed E-state index contributed by atoms with van der Waals surface area (Å²) in [7, 11) is 1.56. The molecule has 0 fully saturated rings. The molecule has 0 saturated carbocycles. The van der Waals surface area contributed by atoms with Gasteiger partial charge in [-0.2, -0.15) is 0 Å². The minimum absolute atomic E-state index is 0.263. The predicted molar refractivity (Wildman–Crippen MR) is 107 cm³/mol. The lowest BCUT2D eigenvalue weighted by Crippen LogP contribution is -2.27. The number of rotatable bonds is 5. The van der Waals surface area contributed by atoms with Crippen LogP contribution in [0.3, 0.4) is 0 Å². The molecule has 0 unspecified atom stereocenters. The SMILES string of the molecule is CCNC(=S)Nc1nc2ccc(Oc3ccnc(C(=O)NC)c3)cc2s1. The first-order chi connectivity index (χ1) is 12.6. The molecular formula is C17H17N5O2S2. The molecule has 0 aliphatic rings. The van der Waals surface area contributed by atoms with Crippen molar-refractivity contribution in [3.05, 3.63) is 42.2 Å². The third kappa shape index (κ3) is 4.24. The Morgan fingerprint density at radius 3 is 2.85 bits per heavy atom. The first-order valence-corrected chi connectivity index (χ1v) is 9.13. The normalized spacial score (nSPS) is 10.4. The smallest absolute Gasteiger partial charge is 0.269 e. The van der Waals surface area contributed by atoms with Gasteiger partial charge < -0.3 is 20.7 Å². The Hall–Kier alpha value is -2.78. The number of anilines is 1. The number of ether oxygens (including phenoxy) is 1. The van der Waals surface area contributed by atoms with Gasteiger partial charge in [0.2, 0.25) is 0 Å². The fourth-order valence-electron chi connectivity index (χ4n) is 2.19. The largest absolute Gasteiger partial charge is 0.457 e. The Kier molecular flexibility index (Phi) is 5.59. The lowest BCUT2D eigenvalue weighted by atomic mass is 10.3. The Bertz CT molecular complexity index is 957. The van der Waals surface area contributed by atoms with E-state index in [1.807, 2.05) is 25.1 Å². The predicted octanol–water partition coefficient (Wildman–Crippen LogP) is 3.15. The molecule has 0 spiro atoms. The molecule has 3 aromatic rings. The minimum Gasteiger partial charge on any atom is -0.457 e. The van der Waals surface area contributed by atoms with Crippen molar-refractivity contribution in [2.24, 2.45) is 0 Å². The molecule has 2 heterocycles. The molecule has 0 aliphatic heterocycles. The molecular weight excluding hydrogens is 370 g/mol. The number of thiazole rings is 1. The number of hydrogen-bond acceptors (Lipinski definition) is 6. The average Bonchev–Trinajstić information content (AvgIpc) is 3.02. The zero-order valence-corrected chi connectivity index (χ0v) is 15.8. The van der Waals surface area contributed by atoms with Gasteiger partial charge in [-0.05, 0) is 37.3 Å². The van der Waals surface area contributed by atoms with Crippen molar-refractivity contribution < 1.29 is 9.53 Å². The zero-order chi connectivity index (χ0) is 18.5. The quantitative estimate of drug-likeness (QED) is 0.580. The number of hydrogen-bond donors (Lipinski definition) is 3. The molecule has 7 nitrogen and oxygen atoms in total. The highest BCUT2D eigenvalue weighted by atomic mass is 32.1. The molecule has 0 radical (unpaired) electrons. The van der Waals surface area contributed by atoms with Crippen LogP contribution in [0.15, 0.2) is 36.5 Å². The molecule has 3 rings (SSSR count). The highest BCUT2D eigenvalue weighted by Crippen LogP contribution is 2.31. The van der Waals surface area contributed by atoms with E-state index in [0.29, 0.717) is 27.4 Å². The van der Waals surface area contributed by atoms with Crippen LogP contribution in [0, 0.1) is 0 Å². The standard InChI is InChI=1S/C17H17N5O2S2/c1-3-19-16(25)22-17-21-12-5-4-10(9-14(12)26-17)24-11-6-7-20-13(8-11)15(23)18-2/h4-9H,3H2,1-2H3,(H,18,23)(H2,19,21,22,25). The fraction of sp³-hybridized carbons (Fsp3) is 0.176. The van der Waals surface area contributed by atoms with E-state index in [2.05, 4.69) is 25.9 Å². The third-order valence-electron chi connectivity index (χ3n) is 3.34.